The highest BCUT2D eigenvalue weighted by atomic mass is 16.5. The lowest BCUT2D eigenvalue weighted by molar-refractivity contribution is 0.0800. The summed E-state index contributed by atoms with van der Waals surface area (Å²) in [6, 6.07) is 1.91. The molecule has 2 rings (SSSR count). The Morgan fingerprint density at radius 1 is 1.77 bits per heavy atom. The van der Waals surface area contributed by atoms with Crippen molar-refractivity contribution < 1.29 is 4.74 Å². The van der Waals surface area contributed by atoms with Crippen molar-refractivity contribution in [2.75, 3.05) is 6.61 Å². The summed E-state index contributed by atoms with van der Waals surface area (Å²) in [5.41, 5.74) is 9.98. The number of hydrogen-bond acceptors (Lipinski definition) is 3. The molecule has 13 heavy (non-hydrogen) atoms. The van der Waals surface area contributed by atoms with Crippen LogP contribution in [0.25, 0.3) is 10.4 Å². The summed E-state index contributed by atoms with van der Waals surface area (Å²) < 4.78 is 7.14. The second-order valence-corrected chi connectivity index (χ2v) is 2.79. The van der Waals surface area contributed by atoms with Gasteiger partial charge in [-0.05, 0) is 11.6 Å². The molecule has 0 N–H and O–H groups in total. The van der Waals surface area contributed by atoms with Crippen LogP contribution in [-0.2, 0) is 24.4 Å². The molecule has 0 bridgehead atoms. The van der Waals surface area contributed by atoms with Crippen LogP contribution in [0.3, 0.4) is 0 Å². The van der Waals surface area contributed by atoms with Gasteiger partial charge in [0.25, 0.3) is 0 Å². The van der Waals surface area contributed by atoms with Gasteiger partial charge in [-0.1, -0.05) is 5.11 Å². The molecule has 2 heterocycles. The number of hydrogen-bond donors (Lipinski definition) is 0. The first-order chi connectivity index (χ1) is 6.40. The molecule has 1 aromatic heterocycles. The maximum Gasteiger partial charge on any atom is 0.0885 e. The smallest absolute Gasteiger partial charge is 0.0885 e. The van der Waals surface area contributed by atoms with Crippen LogP contribution in [0.4, 0.5) is 0 Å². The van der Waals surface area contributed by atoms with E-state index in [1.165, 1.54) is 0 Å². The van der Waals surface area contributed by atoms with E-state index >= 15 is 0 Å². The first-order valence-corrected chi connectivity index (χ1v) is 4.04. The number of aromatic nitrogens is 2. The average Bonchev–Trinajstić information content (AvgIpc) is 2.57. The Balaban J connectivity index is 2.19. The first-order valence-electron chi connectivity index (χ1n) is 4.04. The van der Waals surface area contributed by atoms with Gasteiger partial charge in [0, 0.05) is 4.91 Å². The van der Waals surface area contributed by atoms with Gasteiger partial charge in [-0.15, -0.1) is 0 Å². The van der Waals surface area contributed by atoms with E-state index in [4.69, 9.17) is 10.3 Å². The molecule has 0 aromatic carbocycles. The Morgan fingerprint density at radius 3 is 3.46 bits per heavy atom. The Labute approximate surface area is 74.7 Å². The van der Waals surface area contributed by atoms with Crippen LogP contribution in [0.2, 0.25) is 0 Å². The third-order valence-electron chi connectivity index (χ3n) is 1.91. The van der Waals surface area contributed by atoms with Crippen LogP contribution in [0.15, 0.2) is 11.2 Å². The van der Waals surface area contributed by atoms with Gasteiger partial charge in [0.1, 0.15) is 0 Å². The number of azide groups is 1. The van der Waals surface area contributed by atoms with E-state index in [2.05, 4.69) is 15.1 Å². The maximum absolute atomic E-state index is 8.13. The zero-order valence-electron chi connectivity index (χ0n) is 7.05. The molecule has 0 saturated carbocycles. The fourth-order valence-corrected chi connectivity index (χ4v) is 1.33. The Hall–Kier alpha value is -1.52. The normalized spacial score (nSPS) is 14.8. The summed E-state index contributed by atoms with van der Waals surface area (Å²) in [6.07, 6.45) is 0. The van der Waals surface area contributed by atoms with E-state index in [9.17, 15) is 0 Å². The van der Waals surface area contributed by atoms with Crippen LogP contribution in [0, 0.1) is 0 Å². The molecular weight excluding hydrogens is 170 g/mol. The van der Waals surface area contributed by atoms with Crippen LogP contribution in [0.1, 0.15) is 11.4 Å². The molecule has 0 aliphatic carbocycles. The van der Waals surface area contributed by atoms with Gasteiger partial charge in [-0.3, -0.25) is 4.68 Å². The summed E-state index contributed by atoms with van der Waals surface area (Å²) in [4.78, 5) is 2.68. The Kier molecular flexibility index (Phi) is 2.16. The minimum absolute atomic E-state index is 0.316. The largest absolute Gasteiger partial charge is 0.373 e. The highest BCUT2D eigenvalue weighted by molar-refractivity contribution is 5.10. The quantitative estimate of drug-likeness (QED) is 0.389. The molecule has 0 amide bonds. The van der Waals surface area contributed by atoms with Crippen molar-refractivity contribution >= 4 is 0 Å². The van der Waals surface area contributed by atoms with Crippen LogP contribution < -0.4 is 0 Å². The zero-order chi connectivity index (χ0) is 9.10. The fourth-order valence-electron chi connectivity index (χ4n) is 1.33. The monoisotopic (exact) mass is 179 g/mol. The fraction of sp³-hybridized carbons (Fsp3) is 0.571. The van der Waals surface area contributed by atoms with Crippen LogP contribution in [-0.4, -0.2) is 16.4 Å². The van der Waals surface area contributed by atoms with Crippen molar-refractivity contribution in [3.63, 3.8) is 0 Å². The molecule has 1 aliphatic rings. The molecule has 0 unspecified atom stereocenters. The second-order valence-electron chi connectivity index (χ2n) is 2.79. The van der Waals surface area contributed by atoms with Gasteiger partial charge in [0.05, 0.1) is 37.7 Å². The standard InChI is InChI=1S/C7H9N5O/c8-11-9-4-6-3-7-5-13-2-1-12(7)10-6/h3H,1-2,4-5H2. The molecule has 0 atom stereocenters. The van der Waals surface area contributed by atoms with Crippen molar-refractivity contribution in [3.8, 4) is 0 Å². The van der Waals surface area contributed by atoms with E-state index in [-0.39, 0.29) is 0 Å². The zero-order valence-corrected chi connectivity index (χ0v) is 7.05. The van der Waals surface area contributed by atoms with Gasteiger partial charge < -0.3 is 4.74 Å². The van der Waals surface area contributed by atoms with Gasteiger partial charge in [0.15, 0.2) is 0 Å². The first kappa shape index (κ1) is 8.10. The lowest BCUT2D eigenvalue weighted by atomic mass is 10.3. The molecule has 1 aliphatic heterocycles. The minimum atomic E-state index is 0.316. The molecule has 6 nitrogen and oxygen atoms in total. The van der Waals surface area contributed by atoms with E-state index < -0.39 is 0 Å². The summed E-state index contributed by atoms with van der Waals surface area (Å²) in [5.74, 6) is 0. The van der Waals surface area contributed by atoms with Crippen molar-refractivity contribution in [1.29, 1.82) is 0 Å². The van der Waals surface area contributed by atoms with E-state index in [1.54, 1.807) is 0 Å². The van der Waals surface area contributed by atoms with Crippen molar-refractivity contribution in [2.45, 2.75) is 19.7 Å². The van der Waals surface area contributed by atoms with Crippen molar-refractivity contribution in [2.24, 2.45) is 5.11 Å². The summed E-state index contributed by atoms with van der Waals surface area (Å²) >= 11 is 0. The van der Waals surface area contributed by atoms with Crippen LogP contribution in [0.5, 0.6) is 0 Å². The number of nitrogens with zero attached hydrogens (tertiary/aromatic N) is 5. The molecule has 0 saturated heterocycles. The Bertz CT molecular complexity index is 328. The highest BCUT2D eigenvalue weighted by Crippen LogP contribution is 2.11. The average molecular weight is 179 g/mol. The summed E-state index contributed by atoms with van der Waals surface area (Å²) in [7, 11) is 0. The predicted octanol–water partition coefficient (Wildman–Crippen LogP) is 1.22. The molecule has 0 spiro atoms. The topological polar surface area (TPSA) is 75.8 Å². The molecule has 0 radical (unpaired) electrons. The number of ether oxygens (including phenoxy) is 1. The third-order valence-corrected chi connectivity index (χ3v) is 1.91. The minimum Gasteiger partial charge on any atom is -0.373 e. The molecule has 0 fully saturated rings. The van der Waals surface area contributed by atoms with Gasteiger partial charge >= 0.3 is 0 Å². The highest BCUT2D eigenvalue weighted by Gasteiger charge is 2.11. The number of rotatable bonds is 2. The van der Waals surface area contributed by atoms with Gasteiger partial charge in [0.2, 0.25) is 0 Å². The number of fused-ring (bicyclic) bond motifs is 1. The molecule has 6 heteroatoms. The van der Waals surface area contributed by atoms with Crippen molar-refractivity contribution in [3.05, 3.63) is 27.9 Å². The predicted molar refractivity (Wildman–Crippen MR) is 44.7 cm³/mol. The van der Waals surface area contributed by atoms with E-state index in [1.807, 2.05) is 10.7 Å². The molecule has 1 aromatic rings. The maximum atomic E-state index is 8.13. The van der Waals surface area contributed by atoms with E-state index in [0.717, 1.165) is 17.9 Å². The van der Waals surface area contributed by atoms with Gasteiger partial charge in [-0.2, -0.15) is 5.10 Å². The third kappa shape index (κ3) is 1.63. The molecule has 68 valence electrons. The Morgan fingerprint density at radius 2 is 2.69 bits per heavy atom. The van der Waals surface area contributed by atoms with Crippen LogP contribution >= 0.6 is 0 Å². The second kappa shape index (κ2) is 3.47. The van der Waals surface area contributed by atoms with Gasteiger partial charge in [-0.25, -0.2) is 0 Å². The lowest BCUT2D eigenvalue weighted by Gasteiger charge is -2.12. The molecular formula is C7H9N5O. The summed E-state index contributed by atoms with van der Waals surface area (Å²) in [5, 5.41) is 7.71. The SMILES string of the molecule is [N-]=[N+]=NCc1cc2n(n1)CCOC2. The van der Waals surface area contributed by atoms with Crippen molar-refractivity contribution in [1.82, 2.24) is 9.78 Å². The lowest BCUT2D eigenvalue weighted by Crippen LogP contribution is -2.16. The summed E-state index contributed by atoms with van der Waals surface area (Å²) in [6.45, 7) is 2.40. The van der Waals surface area contributed by atoms with E-state index in [0.29, 0.717) is 19.8 Å².